The number of carbonyl (C=O) groups excluding carboxylic acids is 4. The second kappa shape index (κ2) is 11.3. The Morgan fingerprint density at radius 2 is 1.81 bits per heavy atom. The van der Waals surface area contributed by atoms with E-state index in [1.807, 2.05) is 0 Å². The van der Waals surface area contributed by atoms with Gasteiger partial charge in [0.2, 0.25) is 11.8 Å². The van der Waals surface area contributed by atoms with E-state index in [2.05, 4.69) is 5.32 Å². The molecule has 37 heavy (non-hydrogen) atoms. The predicted molar refractivity (Wildman–Crippen MR) is 129 cm³/mol. The van der Waals surface area contributed by atoms with Gasteiger partial charge in [-0.05, 0) is 5.56 Å². The molecule has 1 unspecified atom stereocenters. The monoisotopic (exact) mass is 555 g/mol. The normalized spacial score (nSPS) is 19.7. The van der Waals surface area contributed by atoms with Crippen LogP contribution in [0.4, 0.5) is 0 Å². The van der Waals surface area contributed by atoms with Crippen molar-refractivity contribution < 1.29 is 41.8 Å². The number of pyridine rings is 1. The quantitative estimate of drug-likeness (QED) is 0.139. The topological polar surface area (TPSA) is 191 Å². The van der Waals surface area contributed by atoms with Gasteiger partial charge >= 0.3 is 0 Å². The predicted octanol–water partition coefficient (Wildman–Crippen LogP) is -2.27. The smallest absolute Gasteiger partial charge is 0.281 e. The van der Waals surface area contributed by atoms with Crippen LogP contribution in [0.2, 0.25) is 0 Å². The number of primary amides is 1. The zero-order valence-corrected chi connectivity index (χ0v) is 23.1. The zero-order chi connectivity index (χ0) is 26.2. The number of aliphatic carboxylic acids is 1. The van der Waals surface area contributed by atoms with E-state index < -0.39 is 50.5 Å². The summed E-state index contributed by atoms with van der Waals surface area (Å²) in [4.78, 5) is 49.9. The Balaban J connectivity index is 0.00000380. The third-order valence-electron chi connectivity index (χ3n) is 5.73. The minimum atomic E-state index is -4.86. The molecule has 1 radical (unpaired) electrons. The van der Waals surface area contributed by atoms with Crippen molar-refractivity contribution in [2.75, 3.05) is 5.75 Å². The minimum Gasteiger partial charge on any atom is -0.543 e. The molecule has 0 spiro atoms. The first-order chi connectivity index (χ1) is 17.0. The van der Waals surface area contributed by atoms with Gasteiger partial charge in [0.15, 0.2) is 24.2 Å². The maximum Gasteiger partial charge on any atom is 0.281 e. The van der Waals surface area contributed by atoms with Crippen LogP contribution >= 0.6 is 11.8 Å². The molecule has 0 bridgehead atoms. The molecule has 15 heteroatoms. The van der Waals surface area contributed by atoms with Gasteiger partial charge < -0.3 is 21.0 Å². The summed E-state index contributed by atoms with van der Waals surface area (Å²) in [5.74, 6) is -3.89. The fourth-order valence-electron chi connectivity index (χ4n) is 4.06. The maximum absolute atomic E-state index is 12.9. The van der Waals surface area contributed by atoms with Crippen molar-refractivity contribution in [1.29, 1.82) is 0 Å². The third kappa shape index (κ3) is 5.89. The Morgan fingerprint density at radius 1 is 1.19 bits per heavy atom. The molecular formula is C22H20N4NaO8S2. The van der Waals surface area contributed by atoms with E-state index in [1.165, 1.54) is 60.6 Å². The summed E-state index contributed by atoms with van der Waals surface area (Å²) in [6.45, 7) is 0.0850. The van der Waals surface area contributed by atoms with Gasteiger partial charge in [0, 0.05) is 53.0 Å². The Hall–Kier alpha value is -2.75. The number of thioether (sulfide) groups is 1. The van der Waals surface area contributed by atoms with Gasteiger partial charge in [0.25, 0.3) is 16.0 Å². The minimum absolute atomic E-state index is 0. The number of aromatic nitrogens is 1. The molecule has 1 fully saturated rings. The number of nitrogens with one attached hydrogen (secondary N) is 1. The molecule has 4 rings (SSSR count). The van der Waals surface area contributed by atoms with Gasteiger partial charge in [0.05, 0.1) is 17.2 Å². The van der Waals surface area contributed by atoms with Crippen molar-refractivity contribution in [3.05, 3.63) is 77.3 Å². The van der Waals surface area contributed by atoms with Gasteiger partial charge in [-0.3, -0.25) is 23.8 Å². The van der Waals surface area contributed by atoms with Gasteiger partial charge in [-0.15, -0.1) is 11.8 Å². The van der Waals surface area contributed by atoms with Crippen LogP contribution in [0.3, 0.4) is 0 Å². The average Bonchev–Trinajstić information content (AvgIpc) is 2.82. The first-order valence-corrected chi connectivity index (χ1v) is 13.0. The summed E-state index contributed by atoms with van der Waals surface area (Å²) in [6, 6.07) is 9.02. The Bertz CT molecular complexity index is 1380. The largest absolute Gasteiger partial charge is 0.543 e. The van der Waals surface area contributed by atoms with Gasteiger partial charge in [-0.2, -0.15) is 8.42 Å². The number of carboxylic acid groups (broad SMARTS) is 1. The molecule has 3 amide bonds. The van der Waals surface area contributed by atoms with Crippen molar-refractivity contribution in [3.63, 3.8) is 0 Å². The molecular weight excluding hydrogens is 535 g/mol. The molecule has 1 aromatic heterocycles. The van der Waals surface area contributed by atoms with Crippen molar-refractivity contribution in [2.24, 2.45) is 5.73 Å². The summed E-state index contributed by atoms with van der Waals surface area (Å²) in [7, 11) is -4.86. The molecule has 189 valence electrons. The number of fused-ring (bicyclic) bond motifs is 1. The molecule has 1 saturated heterocycles. The fraction of sp³-hybridized carbons (Fsp3) is 0.227. The van der Waals surface area contributed by atoms with Crippen molar-refractivity contribution in [2.45, 2.75) is 23.2 Å². The van der Waals surface area contributed by atoms with Crippen LogP contribution < -0.4 is 20.7 Å². The van der Waals surface area contributed by atoms with Crippen LogP contribution in [-0.2, 0) is 31.0 Å². The van der Waals surface area contributed by atoms with Gasteiger partial charge in [-0.25, -0.2) is 4.57 Å². The van der Waals surface area contributed by atoms with E-state index in [-0.39, 0.29) is 58.7 Å². The van der Waals surface area contributed by atoms with E-state index in [0.717, 1.165) is 4.90 Å². The third-order valence-corrected chi connectivity index (χ3v) is 8.15. The molecule has 2 aromatic rings. The number of amides is 3. The summed E-state index contributed by atoms with van der Waals surface area (Å²) < 4.78 is 35.1. The van der Waals surface area contributed by atoms with E-state index in [0.29, 0.717) is 5.57 Å². The Kier molecular flexibility index (Phi) is 8.82. The van der Waals surface area contributed by atoms with Gasteiger partial charge in [-0.1, -0.05) is 30.3 Å². The van der Waals surface area contributed by atoms with Crippen LogP contribution in [0.5, 0.6) is 0 Å². The molecule has 1 aromatic carbocycles. The zero-order valence-electron chi connectivity index (χ0n) is 19.4. The summed E-state index contributed by atoms with van der Waals surface area (Å²) in [6.07, 6.45) is 3.08. The Labute approximate surface area is 237 Å². The fourth-order valence-corrected chi connectivity index (χ4v) is 6.23. The number of nitrogens with zero attached hydrogens (tertiary/aromatic N) is 2. The molecule has 4 N–H and O–H groups in total. The molecule has 12 nitrogen and oxygen atoms in total. The van der Waals surface area contributed by atoms with Crippen LogP contribution in [0.1, 0.15) is 21.2 Å². The molecule has 3 heterocycles. The average molecular weight is 556 g/mol. The first-order valence-electron chi connectivity index (χ1n) is 10.5. The van der Waals surface area contributed by atoms with E-state index in [9.17, 15) is 37.3 Å². The van der Waals surface area contributed by atoms with Gasteiger partial charge in [0.1, 0.15) is 11.4 Å². The summed E-state index contributed by atoms with van der Waals surface area (Å²) in [5, 5.41) is 11.5. The second-order valence-electron chi connectivity index (χ2n) is 8.06. The maximum atomic E-state index is 12.9. The van der Waals surface area contributed by atoms with Crippen LogP contribution in [0.25, 0.3) is 0 Å². The van der Waals surface area contributed by atoms with Crippen LogP contribution in [0.15, 0.2) is 66.1 Å². The van der Waals surface area contributed by atoms with E-state index in [4.69, 9.17) is 5.73 Å². The molecule has 2 aliphatic rings. The van der Waals surface area contributed by atoms with Crippen molar-refractivity contribution in [1.82, 2.24) is 10.2 Å². The number of hydrogen-bond donors (Lipinski definition) is 3. The van der Waals surface area contributed by atoms with E-state index in [1.54, 1.807) is 10.6 Å². The number of nitrogens with two attached hydrogens (primary N) is 1. The van der Waals surface area contributed by atoms with E-state index >= 15 is 0 Å². The summed E-state index contributed by atoms with van der Waals surface area (Å²) >= 11 is 1.18. The Morgan fingerprint density at radius 3 is 2.35 bits per heavy atom. The molecule has 0 saturated carbocycles. The molecule has 2 aliphatic heterocycles. The number of carbonyl (C=O) groups is 4. The van der Waals surface area contributed by atoms with Crippen LogP contribution in [-0.4, -0.2) is 88.3 Å². The first kappa shape index (κ1) is 28.8. The van der Waals surface area contributed by atoms with Crippen molar-refractivity contribution in [3.8, 4) is 0 Å². The standard InChI is InChI=1S/C22H20N4O8S2.Na/c23-18(27)13-6-8-25(9-7-13)10-14-11-35-21-15(20(29)26(21)16(14)22(30)31)24-19(28)17(36(32,33)34)12-4-2-1-3-5-12;/h1-9,15,17,21H,10-11H2,(H4-,23,24,27,28,30,31,32,33,34);/t15-,17?,21-;/m1./s1. The number of rotatable bonds is 8. The number of hydrogen-bond acceptors (Lipinski definition) is 8. The SMILES string of the molecule is NC(=O)c1cc[n+](CC2=C(C(=O)[O-])N3C(=O)[C@@H](NC(=O)C(c4ccccc4)S(=O)(=O)O)[C@H]3SC2)cc1.[Na]. The van der Waals surface area contributed by atoms with Crippen LogP contribution in [0, 0.1) is 0 Å². The van der Waals surface area contributed by atoms with Crippen molar-refractivity contribution >= 4 is 75.1 Å². The molecule has 3 atom stereocenters. The molecule has 0 aliphatic carbocycles. The summed E-state index contributed by atoms with van der Waals surface area (Å²) in [5.41, 5.74) is 5.53. The second-order valence-corrected chi connectivity index (χ2v) is 10.7. The number of carboxylic acids is 1. The number of benzene rings is 1. The number of β-lactam (4-membered cyclic amide) rings is 1.